The second kappa shape index (κ2) is 7.04. The quantitative estimate of drug-likeness (QED) is 0.654. The Balaban J connectivity index is 3.57. The molecule has 2 N–H and O–H groups in total. The van der Waals surface area contributed by atoms with Gasteiger partial charge in [0, 0.05) is 20.1 Å². The summed E-state index contributed by atoms with van der Waals surface area (Å²) in [5.74, 6) is 0.726. The van der Waals surface area contributed by atoms with Gasteiger partial charge >= 0.3 is 0 Å². The fourth-order valence-corrected chi connectivity index (χ4v) is 1.02. The van der Waals surface area contributed by atoms with Crippen molar-refractivity contribution in [1.29, 1.82) is 0 Å². The number of methoxy groups -OCH3 is 1. The van der Waals surface area contributed by atoms with Gasteiger partial charge in [-0.15, -0.1) is 0 Å². The van der Waals surface area contributed by atoms with Gasteiger partial charge in [0.2, 0.25) is 0 Å². The van der Waals surface area contributed by atoms with E-state index in [9.17, 15) is 4.79 Å². The van der Waals surface area contributed by atoms with E-state index in [4.69, 9.17) is 10.5 Å². The van der Waals surface area contributed by atoms with E-state index < -0.39 is 0 Å². The topological polar surface area (TPSA) is 52.3 Å². The average Bonchev–Trinajstić information content (AvgIpc) is 2.10. The van der Waals surface area contributed by atoms with E-state index in [1.54, 1.807) is 7.11 Å². The van der Waals surface area contributed by atoms with Crippen LogP contribution >= 0.6 is 0 Å². The summed E-state index contributed by atoms with van der Waals surface area (Å²) in [6.07, 6.45) is 2.16. The van der Waals surface area contributed by atoms with Gasteiger partial charge < -0.3 is 10.5 Å². The first-order chi connectivity index (χ1) is 6.07. The second-order valence-corrected chi connectivity index (χ2v) is 3.79. The van der Waals surface area contributed by atoms with Gasteiger partial charge in [-0.05, 0) is 18.8 Å². The van der Waals surface area contributed by atoms with Gasteiger partial charge in [-0.3, -0.25) is 4.79 Å². The molecule has 0 aliphatic heterocycles. The van der Waals surface area contributed by atoms with E-state index in [-0.39, 0.29) is 11.8 Å². The number of rotatable bonds is 7. The molecule has 3 nitrogen and oxygen atoms in total. The Morgan fingerprint density at radius 2 is 2.00 bits per heavy atom. The molecule has 0 aromatic carbocycles. The third-order valence-electron chi connectivity index (χ3n) is 2.01. The maximum absolute atomic E-state index is 11.4. The molecule has 0 rings (SSSR count). The molecule has 0 spiro atoms. The van der Waals surface area contributed by atoms with Crippen molar-refractivity contribution >= 4 is 5.78 Å². The van der Waals surface area contributed by atoms with Crippen LogP contribution in [-0.2, 0) is 9.53 Å². The van der Waals surface area contributed by atoms with Crippen LogP contribution in [0.1, 0.15) is 33.1 Å². The maximum atomic E-state index is 11.4. The SMILES string of the molecule is COCCC(N)C(=O)CCC(C)C. The molecule has 0 saturated heterocycles. The largest absolute Gasteiger partial charge is 0.385 e. The molecule has 0 saturated carbocycles. The minimum absolute atomic E-state index is 0.158. The van der Waals surface area contributed by atoms with E-state index in [1.807, 2.05) is 0 Å². The first-order valence-electron chi connectivity index (χ1n) is 4.85. The van der Waals surface area contributed by atoms with Crippen LogP contribution in [0, 0.1) is 5.92 Å². The van der Waals surface area contributed by atoms with Crippen LogP contribution in [0.25, 0.3) is 0 Å². The fourth-order valence-electron chi connectivity index (χ4n) is 1.02. The zero-order chi connectivity index (χ0) is 10.3. The van der Waals surface area contributed by atoms with Crippen molar-refractivity contribution in [2.75, 3.05) is 13.7 Å². The van der Waals surface area contributed by atoms with Crippen LogP contribution in [-0.4, -0.2) is 25.5 Å². The highest BCUT2D eigenvalue weighted by molar-refractivity contribution is 5.83. The molecular formula is C10H21NO2. The monoisotopic (exact) mass is 187 g/mol. The van der Waals surface area contributed by atoms with Crippen LogP contribution < -0.4 is 5.73 Å². The molecule has 0 aliphatic carbocycles. The van der Waals surface area contributed by atoms with Crippen molar-refractivity contribution in [3.8, 4) is 0 Å². The number of ether oxygens (including phenoxy) is 1. The van der Waals surface area contributed by atoms with Crippen molar-refractivity contribution < 1.29 is 9.53 Å². The zero-order valence-electron chi connectivity index (χ0n) is 8.88. The number of hydrogen-bond donors (Lipinski definition) is 1. The summed E-state index contributed by atoms with van der Waals surface area (Å²) in [5, 5.41) is 0. The molecule has 1 unspecified atom stereocenters. The molecule has 3 heteroatoms. The molecule has 0 radical (unpaired) electrons. The third kappa shape index (κ3) is 6.72. The van der Waals surface area contributed by atoms with Crippen LogP contribution in [0.4, 0.5) is 0 Å². The second-order valence-electron chi connectivity index (χ2n) is 3.79. The van der Waals surface area contributed by atoms with Crippen molar-refractivity contribution in [3.05, 3.63) is 0 Å². The van der Waals surface area contributed by atoms with Gasteiger partial charge in [0.05, 0.1) is 6.04 Å². The highest BCUT2D eigenvalue weighted by Gasteiger charge is 2.12. The summed E-state index contributed by atoms with van der Waals surface area (Å²) in [6, 6.07) is -0.335. The highest BCUT2D eigenvalue weighted by atomic mass is 16.5. The lowest BCUT2D eigenvalue weighted by atomic mass is 10.0. The van der Waals surface area contributed by atoms with Crippen molar-refractivity contribution in [2.45, 2.75) is 39.2 Å². The summed E-state index contributed by atoms with van der Waals surface area (Å²) < 4.78 is 4.86. The van der Waals surface area contributed by atoms with Crippen molar-refractivity contribution in [2.24, 2.45) is 11.7 Å². The molecule has 1 atom stereocenters. The number of nitrogens with two attached hydrogens (primary N) is 1. The number of ketones is 1. The lowest BCUT2D eigenvalue weighted by Gasteiger charge is -2.10. The number of hydrogen-bond acceptors (Lipinski definition) is 3. The normalized spacial score (nSPS) is 13.3. The lowest BCUT2D eigenvalue weighted by Crippen LogP contribution is -2.31. The third-order valence-corrected chi connectivity index (χ3v) is 2.01. The number of carbonyl (C=O) groups is 1. The molecular weight excluding hydrogens is 166 g/mol. The molecule has 0 amide bonds. The molecule has 0 heterocycles. The minimum Gasteiger partial charge on any atom is -0.385 e. The van der Waals surface area contributed by atoms with Gasteiger partial charge in [0.1, 0.15) is 5.78 Å². The van der Waals surface area contributed by atoms with E-state index in [0.717, 1.165) is 6.42 Å². The summed E-state index contributed by atoms with van der Waals surface area (Å²) in [7, 11) is 1.62. The van der Waals surface area contributed by atoms with Crippen LogP contribution in [0.2, 0.25) is 0 Å². The first kappa shape index (κ1) is 12.6. The Labute approximate surface area is 80.6 Å². The van der Waals surface area contributed by atoms with Gasteiger partial charge in [-0.2, -0.15) is 0 Å². The predicted octanol–water partition coefficient (Wildman–Crippen LogP) is 1.36. The van der Waals surface area contributed by atoms with Gasteiger partial charge in [0.25, 0.3) is 0 Å². The first-order valence-corrected chi connectivity index (χ1v) is 4.85. The number of carbonyl (C=O) groups excluding carboxylic acids is 1. The molecule has 0 aromatic heterocycles. The number of Topliss-reactive ketones (excluding diaryl/α,β-unsaturated/α-hetero) is 1. The molecule has 0 bridgehead atoms. The zero-order valence-corrected chi connectivity index (χ0v) is 8.88. The molecule has 0 aromatic rings. The Morgan fingerprint density at radius 3 is 2.46 bits per heavy atom. The van der Waals surface area contributed by atoms with Gasteiger partial charge in [-0.25, -0.2) is 0 Å². The summed E-state index contributed by atoms with van der Waals surface area (Å²) >= 11 is 0. The smallest absolute Gasteiger partial charge is 0.149 e. The summed E-state index contributed by atoms with van der Waals surface area (Å²) in [4.78, 5) is 11.4. The van der Waals surface area contributed by atoms with Crippen molar-refractivity contribution in [1.82, 2.24) is 0 Å². The predicted molar refractivity (Wildman–Crippen MR) is 53.5 cm³/mol. The van der Waals surface area contributed by atoms with Crippen LogP contribution in [0.3, 0.4) is 0 Å². The van der Waals surface area contributed by atoms with E-state index in [0.29, 0.717) is 25.4 Å². The van der Waals surface area contributed by atoms with Gasteiger partial charge in [0.15, 0.2) is 0 Å². The van der Waals surface area contributed by atoms with E-state index in [2.05, 4.69) is 13.8 Å². The Kier molecular flexibility index (Phi) is 6.82. The van der Waals surface area contributed by atoms with E-state index >= 15 is 0 Å². The Hall–Kier alpha value is -0.410. The van der Waals surface area contributed by atoms with Crippen molar-refractivity contribution in [3.63, 3.8) is 0 Å². The van der Waals surface area contributed by atoms with Crippen LogP contribution in [0.15, 0.2) is 0 Å². The molecule has 78 valence electrons. The minimum atomic E-state index is -0.335. The summed E-state index contributed by atoms with van der Waals surface area (Å²) in [5.41, 5.74) is 5.66. The fraction of sp³-hybridized carbons (Fsp3) is 0.900. The standard InChI is InChI=1S/C10H21NO2/c1-8(2)4-5-10(12)9(11)6-7-13-3/h8-9H,4-7,11H2,1-3H3. The van der Waals surface area contributed by atoms with E-state index in [1.165, 1.54) is 0 Å². The average molecular weight is 187 g/mol. The maximum Gasteiger partial charge on any atom is 0.149 e. The van der Waals surface area contributed by atoms with Gasteiger partial charge in [-0.1, -0.05) is 13.8 Å². The molecule has 0 fully saturated rings. The summed E-state index contributed by atoms with van der Waals surface area (Å²) in [6.45, 7) is 4.77. The molecule has 13 heavy (non-hydrogen) atoms. The Morgan fingerprint density at radius 1 is 1.38 bits per heavy atom. The Bertz CT molecular complexity index is 146. The molecule has 0 aliphatic rings. The lowest BCUT2D eigenvalue weighted by molar-refractivity contribution is -0.120. The highest BCUT2D eigenvalue weighted by Crippen LogP contribution is 2.06. The van der Waals surface area contributed by atoms with Crippen LogP contribution in [0.5, 0.6) is 0 Å².